The first kappa shape index (κ1) is 13.6. The number of hydrogen-bond acceptors (Lipinski definition) is 4. The summed E-state index contributed by atoms with van der Waals surface area (Å²) in [7, 11) is 0. The molecule has 1 aromatic rings. The Kier molecular flexibility index (Phi) is 4.08. The Morgan fingerprint density at radius 2 is 2.15 bits per heavy atom. The summed E-state index contributed by atoms with van der Waals surface area (Å²) in [6.07, 6.45) is 2.44. The molecule has 108 valence electrons. The van der Waals surface area contributed by atoms with Crippen LogP contribution in [0.2, 0.25) is 5.15 Å². The summed E-state index contributed by atoms with van der Waals surface area (Å²) in [5, 5.41) is 3.30. The first-order valence-corrected chi connectivity index (χ1v) is 7.38. The Morgan fingerprint density at radius 3 is 2.85 bits per heavy atom. The van der Waals surface area contributed by atoms with Crippen molar-refractivity contribution in [3.05, 3.63) is 22.8 Å². The summed E-state index contributed by atoms with van der Waals surface area (Å²) >= 11 is 6.04. The minimum absolute atomic E-state index is 0.0734. The molecule has 0 radical (unpaired) electrons. The van der Waals surface area contributed by atoms with Crippen LogP contribution in [0.4, 0.5) is 5.82 Å². The number of ether oxygens (including phenoxy) is 1. The predicted molar refractivity (Wildman–Crippen MR) is 77.3 cm³/mol. The van der Waals surface area contributed by atoms with E-state index in [1.807, 2.05) is 0 Å². The van der Waals surface area contributed by atoms with Gasteiger partial charge in [-0.3, -0.25) is 4.79 Å². The van der Waals surface area contributed by atoms with Gasteiger partial charge in [0.2, 0.25) is 0 Å². The molecule has 1 amide bonds. The maximum absolute atomic E-state index is 12.1. The third-order valence-electron chi connectivity index (χ3n) is 3.63. The molecule has 0 aromatic carbocycles. The van der Waals surface area contributed by atoms with E-state index in [-0.39, 0.29) is 5.91 Å². The van der Waals surface area contributed by atoms with Gasteiger partial charge in [-0.15, -0.1) is 0 Å². The van der Waals surface area contributed by atoms with Gasteiger partial charge < -0.3 is 15.0 Å². The van der Waals surface area contributed by atoms with E-state index < -0.39 is 0 Å². The number of hydrogen-bond donors (Lipinski definition) is 1. The minimum atomic E-state index is -0.0734. The Labute approximate surface area is 123 Å². The number of anilines is 1. The molecule has 0 spiro atoms. The molecule has 1 aliphatic heterocycles. The molecule has 1 aliphatic carbocycles. The highest BCUT2D eigenvalue weighted by Gasteiger charge is 2.22. The minimum Gasteiger partial charge on any atom is -0.378 e. The monoisotopic (exact) mass is 295 g/mol. The lowest BCUT2D eigenvalue weighted by Crippen LogP contribution is -2.37. The second kappa shape index (κ2) is 5.97. The van der Waals surface area contributed by atoms with Crippen LogP contribution in [0.25, 0.3) is 0 Å². The molecule has 0 atom stereocenters. The molecular formula is C14H18ClN3O2. The van der Waals surface area contributed by atoms with Crippen LogP contribution in [0.15, 0.2) is 12.1 Å². The lowest BCUT2D eigenvalue weighted by Gasteiger charge is -2.28. The Balaban J connectivity index is 1.72. The zero-order valence-corrected chi connectivity index (χ0v) is 12.0. The van der Waals surface area contributed by atoms with Crippen LogP contribution in [-0.4, -0.2) is 43.7 Å². The highest BCUT2D eigenvalue weighted by molar-refractivity contribution is 6.29. The molecule has 1 aromatic heterocycles. The molecule has 2 fully saturated rings. The Bertz CT molecular complexity index is 499. The van der Waals surface area contributed by atoms with E-state index in [1.165, 1.54) is 12.8 Å². The van der Waals surface area contributed by atoms with Gasteiger partial charge in [0.1, 0.15) is 11.0 Å². The van der Waals surface area contributed by atoms with E-state index in [0.29, 0.717) is 29.8 Å². The van der Waals surface area contributed by atoms with E-state index >= 15 is 0 Å². The lowest BCUT2D eigenvalue weighted by atomic mass is 10.2. The molecule has 1 N–H and O–H groups in total. The molecule has 2 aliphatic rings. The van der Waals surface area contributed by atoms with Gasteiger partial charge in [-0.2, -0.15) is 0 Å². The summed E-state index contributed by atoms with van der Waals surface area (Å²) in [6, 6.07) is 3.42. The van der Waals surface area contributed by atoms with Gasteiger partial charge in [0, 0.05) is 25.2 Å². The maximum Gasteiger partial charge on any atom is 0.251 e. The van der Waals surface area contributed by atoms with Crippen molar-refractivity contribution in [1.82, 2.24) is 10.3 Å². The molecule has 1 saturated carbocycles. The van der Waals surface area contributed by atoms with E-state index in [1.54, 1.807) is 12.1 Å². The number of nitrogens with zero attached hydrogens (tertiary/aromatic N) is 2. The molecule has 1 saturated heterocycles. The molecule has 0 unspecified atom stereocenters. The van der Waals surface area contributed by atoms with Crippen molar-refractivity contribution in [3.63, 3.8) is 0 Å². The van der Waals surface area contributed by atoms with Crippen LogP contribution in [-0.2, 0) is 4.74 Å². The molecular weight excluding hydrogens is 278 g/mol. The number of morpholine rings is 1. The zero-order chi connectivity index (χ0) is 13.9. The fourth-order valence-corrected chi connectivity index (χ4v) is 2.43. The fourth-order valence-electron chi connectivity index (χ4n) is 2.23. The highest BCUT2D eigenvalue weighted by Crippen LogP contribution is 2.27. The number of amides is 1. The van der Waals surface area contributed by atoms with Crippen molar-refractivity contribution in [2.24, 2.45) is 5.92 Å². The highest BCUT2D eigenvalue weighted by atomic mass is 35.5. The number of aromatic nitrogens is 1. The Morgan fingerprint density at radius 1 is 1.40 bits per heavy atom. The normalized spacial score (nSPS) is 18.9. The van der Waals surface area contributed by atoms with Crippen LogP contribution in [0.3, 0.4) is 0 Å². The molecule has 20 heavy (non-hydrogen) atoms. The average Bonchev–Trinajstić information content (AvgIpc) is 3.29. The van der Waals surface area contributed by atoms with Gasteiger partial charge in [-0.25, -0.2) is 4.98 Å². The van der Waals surface area contributed by atoms with Crippen molar-refractivity contribution in [2.45, 2.75) is 12.8 Å². The molecule has 2 heterocycles. The van der Waals surface area contributed by atoms with E-state index in [9.17, 15) is 4.79 Å². The second-order valence-corrected chi connectivity index (χ2v) is 5.68. The third kappa shape index (κ3) is 3.41. The largest absolute Gasteiger partial charge is 0.378 e. The van der Waals surface area contributed by atoms with Crippen LogP contribution in [0.5, 0.6) is 0 Å². The topological polar surface area (TPSA) is 54.5 Å². The van der Waals surface area contributed by atoms with Crippen LogP contribution in [0, 0.1) is 5.92 Å². The Hall–Kier alpha value is -1.33. The van der Waals surface area contributed by atoms with Gasteiger partial charge in [-0.1, -0.05) is 11.6 Å². The van der Waals surface area contributed by atoms with Crippen molar-refractivity contribution < 1.29 is 9.53 Å². The number of halogens is 1. The van der Waals surface area contributed by atoms with Crippen molar-refractivity contribution in [2.75, 3.05) is 37.7 Å². The zero-order valence-electron chi connectivity index (χ0n) is 11.3. The summed E-state index contributed by atoms with van der Waals surface area (Å²) < 4.78 is 5.32. The van der Waals surface area contributed by atoms with Crippen LogP contribution in [0.1, 0.15) is 23.2 Å². The maximum atomic E-state index is 12.1. The summed E-state index contributed by atoms with van der Waals surface area (Å²) in [5.74, 6) is 1.34. The van der Waals surface area contributed by atoms with Crippen molar-refractivity contribution in [1.29, 1.82) is 0 Å². The standard InChI is InChI=1S/C14H18ClN3O2/c15-12-7-11(14(19)16-9-10-1-2-10)8-13(17-12)18-3-5-20-6-4-18/h7-8,10H,1-6,9H2,(H,16,19). The first-order valence-electron chi connectivity index (χ1n) is 7.01. The number of pyridine rings is 1. The van der Waals surface area contributed by atoms with Gasteiger partial charge >= 0.3 is 0 Å². The molecule has 5 nitrogen and oxygen atoms in total. The number of nitrogens with one attached hydrogen (secondary N) is 1. The summed E-state index contributed by atoms with van der Waals surface area (Å²) in [5.41, 5.74) is 0.576. The predicted octanol–water partition coefficient (Wildman–Crippen LogP) is 1.71. The molecule has 6 heteroatoms. The number of rotatable bonds is 4. The van der Waals surface area contributed by atoms with E-state index in [2.05, 4.69) is 15.2 Å². The average molecular weight is 296 g/mol. The van der Waals surface area contributed by atoms with E-state index in [0.717, 1.165) is 25.5 Å². The SMILES string of the molecule is O=C(NCC1CC1)c1cc(Cl)nc(N2CCOCC2)c1. The van der Waals surface area contributed by atoms with Crippen LogP contribution < -0.4 is 10.2 Å². The first-order chi connectivity index (χ1) is 9.72. The number of carbonyl (C=O) groups excluding carboxylic acids is 1. The third-order valence-corrected chi connectivity index (χ3v) is 3.82. The van der Waals surface area contributed by atoms with Crippen LogP contribution >= 0.6 is 11.6 Å². The fraction of sp³-hybridized carbons (Fsp3) is 0.571. The van der Waals surface area contributed by atoms with Crippen molar-refractivity contribution in [3.8, 4) is 0 Å². The summed E-state index contributed by atoms with van der Waals surface area (Å²) in [4.78, 5) is 18.5. The smallest absolute Gasteiger partial charge is 0.251 e. The molecule has 0 bridgehead atoms. The van der Waals surface area contributed by atoms with Gasteiger partial charge in [0.25, 0.3) is 5.91 Å². The van der Waals surface area contributed by atoms with Crippen molar-refractivity contribution >= 4 is 23.3 Å². The number of carbonyl (C=O) groups is 1. The second-order valence-electron chi connectivity index (χ2n) is 5.29. The van der Waals surface area contributed by atoms with Gasteiger partial charge in [0.05, 0.1) is 13.2 Å². The quantitative estimate of drug-likeness (QED) is 0.859. The van der Waals surface area contributed by atoms with Gasteiger partial charge in [-0.05, 0) is 30.9 Å². The summed E-state index contributed by atoms with van der Waals surface area (Å²) in [6.45, 7) is 3.66. The van der Waals surface area contributed by atoms with E-state index in [4.69, 9.17) is 16.3 Å². The lowest BCUT2D eigenvalue weighted by molar-refractivity contribution is 0.0951. The van der Waals surface area contributed by atoms with Gasteiger partial charge in [0.15, 0.2) is 0 Å². The molecule has 3 rings (SSSR count).